The van der Waals surface area contributed by atoms with Gasteiger partial charge in [0.15, 0.2) is 0 Å². The molecule has 0 bridgehead atoms. The van der Waals surface area contributed by atoms with E-state index in [0.717, 1.165) is 28.9 Å². The van der Waals surface area contributed by atoms with Gasteiger partial charge in [0.05, 0.1) is 5.75 Å². The second-order valence-corrected chi connectivity index (χ2v) is 9.91. The summed E-state index contributed by atoms with van der Waals surface area (Å²) in [5, 5.41) is 3.04. The molecule has 1 N–H and O–H groups in total. The summed E-state index contributed by atoms with van der Waals surface area (Å²) in [6.45, 7) is 7.16. The van der Waals surface area contributed by atoms with Gasteiger partial charge in [0.2, 0.25) is 11.8 Å². The Morgan fingerprint density at radius 3 is 2.26 bits per heavy atom. The van der Waals surface area contributed by atoms with Gasteiger partial charge in [0.1, 0.15) is 6.04 Å². The summed E-state index contributed by atoms with van der Waals surface area (Å²) >= 11 is 1.59. The van der Waals surface area contributed by atoms with Crippen molar-refractivity contribution in [1.29, 1.82) is 0 Å². The van der Waals surface area contributed by atoms with E-state index in [0.29, 0.717) is 25.3 Å². The molecule has 0 heterocycles. The molecule has 0 aliphatic rings. The number of carbonyl (C=O) groups excluding carboxylic acids is 2. The monoisotopic (exact) mass is 488 g/mol. The molecule has 0 unspecified atom stereocenters. The van der Waals surface area contributed by atoms with E-state index in [1.54, 1.807) is 16.7 Å². The standard InChI is InChI=1S/C30H36N2O2S/c1-4-18-31-30(34)28(19-25-11-6-5-7-12-25)32(20-27-13-9-8-10-24(27)3)29(33)22-35-21-26-16-14-23(2)15-17-26/h5-17,28H,4,18-22H2,1-3H3,(H,31,34)/t28-/m1/s1. The maximum absolute atomic E-state index is 13.6. The first-order chi connectivity index (χ1) is 17.0. The molecule has 184 valence electrons. The highest BCUT2D eigenvalue weighted by molar-refractivity contribution is 7.99. The summed E-state index contributed by atoms with van der Waals surface area (Å²) in [6.07, 6.45) is 1.33. The maximum Gasteiger partial charge on any atom is 0.243 e. The third-order valence-corrected chi connectivity index (χ3v) is 7.03. The number of nitrogens with one attached hydrogen (secondary N) is 1. The van der Waals surface area contributed by atoms with E-state index in [2.05, 4.69) is 36.5 Å². The molecular weight excluding hydrogens is 452 g/mol. The minimum absolute atomic E-state index is 0.0158. The van der Waals surface area contributed by atoms with Crippen LogP contribution in [0.15, 0.2) is 78.9 Å². The van der Waals surface area contributed by atoms with Gasteiger partial charge in [-0.3, -0.25) is 9.59 Å². The van der Waals surface area contributed by atoms with Crippen LogP contribution in [-0.2, 0) is 28.3 Å². The van der Waals surface area contributed by atoms with Crippen LogP contribution in [0.5, 0.6) is 0 Å². The van der Waals surface area contributed by atoms with Gasteiger partial charge >= 0.3 is 0 Å². The lowest BCUT2D eigenvalue weighted by Crippen LogP contribution is -2.51. The van der Waals surface area contributed by atoms with Crippen molar-refractivity contribution in [1.82, 2.24) is 10.2 Å². The summed E-state index contributed by atoms with van der Waals surface area (Å²) in [7, 11) is 0. The van der Waals surface area contributed by atoms with Crippen molar-refractivity contribution in [2.45, 2.75) is 52.0 Å². The van der Waals surface area contributed by atoms with E-state index in [1.807, 2.05) is 68.4 Å². The third kappa shape index (κ3) is 8.29. The number of carbonyl (C=O) groups is 2. The molecule has 2 amide bonds. The molecule has 0 aromatic heterocycles. The summed E-state index contributed by atoms with van der Waals surface area (Å²) in [5.41, 5.74) is 5.64. The Morgan fingerprint density at radius 2 is 1.57 bits per heavy atom. The van der Waals surface area contributed by atoms with Crippen LogP contribution in [0.1, 0.15) is 41.2 Å². The van der Waals surface area contributed by atoms with Crippen LogP contribution < -0.4 is 5.32 Å². The van der Waals surface area contributed by atoms with Crippen molar-refractivity contribution in [2.75, 3.05) is 12.3 Å². The lowest BCUT2D eigenvalue weighted by atomic mass is 10.0. The first kappa shape index (κ1) is 26.6. The Balaban J connectivity index is 1.83. The molecule has 3 aromatic rings. The minimum atomic E-state index is -0.573. The molecule has 1 atom stereocenters. The topological polar surface area (TPSA) is 49.4 Å². The SMILES string of the molecule is CCCNC(=O)[C@@H](Cc1ccccc1)N(Cc1ccccc1C)C(=O)CSCc1ccc(C)cc1. The number of hydrogen-bond acceptors (Lipinski definition) is 3. The van der Waals surface area contributed by atoms with E-state index in [1.165, 1.54) is 11.1 Å². The third-order valence-electron chi connectivity index (χ3n) is 6.04. The van der Waals surface area contributed by atoms with Gasteiger partial charge in [-0.15, -0.1) is 11.8 Å². The van der Waals surface area contributed by atoms with E-state index in [4.69, 9.17) is 0 Å². The number of hydrogen-bond donors (Lipinski definition) is 1. The maximum atomic E-state index is 13.6. The Hall–Kier alpha value is -3.05. The van der Waals surface area contributed by atoms with Gasteiger partial charge in [-0.1, -0.05) is 91.3 Å². The van der Waals surface area contributed by atoms with Crippen LogP contribution in [0.25, 0.3) is 0 Å². The molecule has 5 heteroatoms. The molecule has 0 radical (unpaired) electrons. The fourth-order valence-corrected chi connectivity index (χ4v) is 4.79. The summed E-state index contributed by atoms with van der Waals surface area (Å²) in [4.78, 5) is 28.8. The van der Waals surface area contributed by atoms with E-state index in [9.17, 15) is 9.59 Å². The van der Waals surface area contributed by atoms with Crippen LogP contribution in [-0.4, -0.2) is 35.1 Å². The molecule has 0 saturated carbocycles. The first-order valence-electron chi connectivity index (χ1n) is 12.3. The number of amides is 2. The highest BCUT2D eigenvalue weighted by atomic mass is 32.2. The van der Waals surface area contributed by atoms with Crippen molar-refractivity contribution in [2.24, 2.45) is 0 Å². The van der Waals surface area contributed by atoms with Gasteiger partial charge < -0.3 is 10.2 Å². The molecule has 3 aromatic carbocycles. The molecule has 0 saturated heterocycles. The Labute approximate surface area is 214 Å². The highest BCUT2D eigenvalue weighted by Crippen LogP contribution is 2.20. The van der Waals surface area contributed by atoms with Crippen molar-refractivity contribution in [3.05, 3.63) is 107 Å². The second kappa shape index (κ2) is 13.7. The average Bonchev–Trinajstić information content (AvgIpc) is 2.87. The number of thioether (sulfide) groups is 1. The predicted octanol–water partition coefficient (Wildman–Crippen LogP) is 5.70. The summed E-state index contributed by atoms with van der Waals surface area (Å²) in [5.74, 6) is 0.973. The van der Waals surface area contributed by atoms with Crippen LogP contribution in [0, 0.1) is 13.8 Å². The average molecular weight is 489 g/mol. The Morgan fingerprint density at radius 1 is 0.886 bits per heavy atom. The normalized spacial score (nSPS) is 11.6. The molecular formula is C30H36N2O2S. The van der Waals surface area contributed by atoms with Crippen molar-refractivity contribution in [3.8, 4) is 0 Å². The minimum Gasteiger partial charge on any atom is -0.354 e. The van der Waals surface area contributed by atoms with E-state index in [-0.39, 0.29) is 11.8 Å². The number of nitrogens with zero attached hydrogens (tertiary/aromatic N) is 1. The molecule has 0 spiro atoms. The smallest absolute Gasteiger partial charge is 0.243 e. The zero-order valence-electron chi connectivity index (χ0n) is 21.0. The van der Waals surface area contributed by atoms with Gasteiger partial charge in [0, 0.05) is 25.3 Å². The van der Waals surface area contributed by atoms with Crippen LogP contribution >= 0.6 is 11.8 Å². The van der Waals surface area contributed by atoms with Crippen molar-refractivity contribution < 1.29 is 9.59 Å². The first-order valence-corrected chi connectivity index (χ1v) is 13.4. The molecule has 3 rings (SSSR count). The van der Waals surface area contributed by atoms with Gasteiger partial charge in [-0.2, -0.15) is 0 Å². The van der Waals surface area contributed by atoms with Gasteiger partial charge in [-0.25, -0.2) is 0 Å². The Kier molecular flexibility index (Phi) is 10.4. The Bertz CT molecular complexity index is 1080. The molecule has 0 aliphatic heterocycles. The van der Waals surface area contributed by atoms with Crippen molar-refractivity contribution in [3.63, 3.8) is 0 Å². The quantitative estimate of drug-likeness (QED) is 0.356. The number of benzene rings is 3. The second-order valence-electron chi connectivity index (χ2n) is 8.92. The van der Waals surface area contributed by atoms with Gasteiger partial charge in [0.25, 0.3) is 0 Å². The molecule has 4 nitrogen and oxygen atoms in total. The fourth-order valence-electron chi connectivity index (χ4n) is 3.91. The molecule has 0 fully saturated rings. The zero-order valence-corrected chi connectivity index (χ0v) is 21.8. The van der Waals surface area contributed by atoms with Crippen molar-refractivity contribution >= 4 is 23.6 Å². The van der Waals surface area contributed by atoms with Crippen LogP contribution in [0.3, 0.4) is 0 Å². The largest absolute Gasteiger partial charge is 0.354 e. The summed E-state index contributed by atoms with van der Waals surface area (Å²) < 4.78 is 0. The van der Waals surface area contributed by atoms with Crippen LogP contribution in [0.2, 0.25) is 0 Å². The molecule has 35 heavy (non-hydrogen) atoms. The van der Waals surface area contributed by atoms with E-state index < -0.39 is 6.04 Å². The van der Waals surface area contributed by atoms with Crippen LogP contribution in [0.4, 0.5) is 0 Å². The fraction of sp³-hybridized carbons (Fsp3) is 0.333. The lowest BCUT2D eigenvalue weighted by molar-refractivity contribution is -0.139. The van der Waals surface area contributed by atoms with Gasteiger partial charge in [-0.05, 0) is 42.5 Å². The lowest BCUT2D eigenvalue weighted by Gasteiger charge is -2.32. The number of rotatable bonds is 12. The predicted molar refractivity (Wildman–Crippen MR) is 146 cm³/mol. The summed E-state index contributed by atoms with van der Waals surface area (Å²) in [6, 6.07) is 25.8. The highest BCUT2D eigenvalue weighted by Gasteiger charge is 2.30. The zero-order chi connectivity index (χ0) is 25.0. The molecule has 0 aliphatic carbocycles. The number of aryl methyl sites for hydroxylation is 2. The van der Waals surface area contributed by atoms with E-state index >= 15 is 0 Å².